The molecule has 3 aliphatic rings. The Labute approximate surface area is 168 Å². The summed E-state index contributed by atoms with van der Waals surface area (Å²) in [6, 6.07) is 18.0. The van der Waals surface area contributed by atoms with E-state index in [4.69, 9.17) is 0 Å². The standard InChI is InChI=1S/C26H26N2/c1-25(2,3)15-7-9-17-19(11-15)23-18-10-8-16(26(4,5)6)12-20(18)24(17)22(14-28)21(23)13-27/h7-12,23-24H,1-6H3/t23-,24-/m0/s1. The summed E-state index contributed by atoms with van der Waals surface area (Å²) in [7, 11) is 0. The van der Waals surface area contributed by atoms with Crippen molar-refractivity contribution in [2.75, 3.05) is 0 Å². The predicted octanol–water partition coefficient (Wildman–Crippen LogP) is 6.22. The van der Waals surface area contributed by atoms with Gasteiger partial charge in [-0.15, -0.1) is 0 Å². The van der Waals surface area contributed by atoms with Gasteiger partial charge in [0.1, 0.15) is 0 Å². The molecule has 3 aliphatic carbocycles. The van der Waals surface area contributed by atoms with E-state index in [1.165, 1.54) is 33.4 Å². The lowest BCUT2D eigenvalue weighted by atomic mass is 9.60. The Morgan fingerprint density at radius 2 is 0.964 bits per heavy atom. The minimum atomic E-state index is -0.133. The predicted molar refractivity (Wildman–Crippen MR) is 112 cm³/mol. The normalized spacial score (nSPS) is 20.3. The molecule has 140 valence electrons. The summed E-state index contributed by atoms with van der Waals surface area (Å²) in [6.45, 7) is 13.3. The summed E-state index contributed by atoms with van der Waals surface area (Å²) in [5.41, 5.74) is 8.64. The van der Waals surface area contributed by atoms with Gasteiger partial charge in [0.25, 0.3) is 0 Å². The monoisotopic (exact) mass is 366 g/mol. The first-order chi connectivity index (χ1) is 13.1. The van der Waals surface area contributed by atoms with Crippen molar-refractivity contribution in [3.05, 3.63) is 80.9 Å². The van der Waals surface area contributed by atoms with Crippen molar-refractivity contribution in [1.82, 2.24) is 0 Å². The maximum absolute atomic E-state index is 9.92. The Morgan fingerprint density at radius 1 is 0.607 bits per heavy atom. The van der Waals surface area contributed by atoms with Gasteiger partial charge in [0.2, 0.25) is 0 Å². The van der Waals surface area contributed by atoms with Gasteiger partial charge in [0.05, 0.1) is 23.3 Å². The Kier molecular flexibility index (Phi) is 3.85. The number of hydrogen-bond donors (Lipinski definition) is 0. The number of benzene rings is 2. The summed E-state index contributed by atoms with van der Waals surface area (Å²) in [5, 5.41) is 19.8. The number of allylic oxidation sites excluding steroid dienone is 2. The highest BCUT2D eigenvalue weighted by molar-refractivity contribution is 5.71. The molecule has 0 radical (unpaired) electrons. The molecule has 0 aromatic heterocycles. The highest BCUT2D eigenvalue weighted by Gasteiger charge is 2.44. The fraction of sp³-hybridized carbons (Fsp3) is 0.385. The zero-order valence-corrected chi connectivity index (χ0v) is 17.5. The van der Waals surface area contributed by atoms with Crippen molar-refractivity contribution in [2.45, 2.75) is 64.2 Å². The van der Waals surface area contributed by atoms with Gasteiger partial charge in [-0.2, -0.15) is 10.5 Å². The van der Waals surface area contributed by atoms with Crippen LogP contribution >= 0.6 is 0 Å². The summed E-state index contributed by atoms with van der Waals surface area (Å²) >= 11 is 0. The van der Waals surface area contributed by atoms with Crippen LogP contribution in [0.15, 0.2) is 47.5 Å². The van der Waals surface area contributed by atoms with E-state index in [-0.39, 0.29) is 22.7 Å². The second kappa shape index (κ2) is 5.83. The second-order valence-electron chi connectivity index (χ2n) is 10.1. The first kappa shape index (κ1) is 18.5. The molecule has 2 aromatic carbocycles. The number of hydrogen-bond acceptors (Lipinski definition) is 2. The summed E-state index contributed by atoms with van der Waals surface area (Å²) in [5.74, 6) is -0.267. The van der Waals surface area contributed by atoms with Crippen LogP contribution in [0.4, 0.5) is 0 Å². The number of nitrogens with zero attached hydrogens (tertiary/aromatic N) is 2. The molecule has 5 rings (SSSR count). The van der Waals surface area contributed by atoms with Crippen LogP contribution in [0, 0.1) is 22.7 Å². The fourth-order valence-electron chi connectivity index (χ4n) is 4.63. The van der Waals surface area contributed by atoms with E-state index in [2.05, 4.69) is 90.1 Å². The van der Waals surface area contributed by atoms with E-state index in [0.29, 0.717) is 11.1 Å². The average Bonchev–Trinajstić information content (AvgIpc) is 2.64. The Morgan fingerprint density at radius 3 is 1.25 bits per heavy atom. The summed E-state index contributed by atoms with van der Waals surface area (Å²) in [4.78, 5) is 0. The SMILES string of the molecule is CC(C)(C)c1ccc2c(c1)[C@H]1C(C#N)=C(C#N)[C@@H]2c2cc(C(C)(C)C)ccc21. The van der Waals surface area contributed by atoms with Crippen molar-refractivity contribution < 1.29 is 0 Å². The van der Waals surface area contributed by atoms with Gasteiger partial charge in [-0.25, -0.2) is 0 Å². The van der Waals surface area contributed by atoms with E-state index in [9.17, 15) is 10.5 Å². The quantitative estimate of drug-likeness (QED) is 0.556. The minimum Gasteiger partial charge on any atom is -0.193 e. The van der Waals surface area contributed by atoms with E-state index in [0.717, 1.165) is 0 Å². The molecular weight excluding hydrogens is 340 g/mol. The highest BCUT2D eigenvalue weighted by Crippen LogP contribution is 2.56. The van der Waals surface area contributed by atoms with Crippen molar-refractivity contribution in [3.63, 3.8) is 0 Å². The molecule has 28 heavy (non-hydrogen) atoms. The molecule has 0 saturated carbocycles. The van der Waals surface area contributed by atoms with Gasteiger partial charge in [0.15, 0.2) is 0 Å². The van der Waals surface area contributed by atoms with Gasteiger partial charge in [0, 0.05) is 11.8 Å². The molecule has 0 heterocycles. The lowest BCUT2D eigenvalue weighted by Gasteiger charge is -2.41. The molecule has 0 aliphatic heterocycles. The number of nitriles is 2. The third-order valence-electron chi connectivity index (χ3n) is 6.26. The summed E-state index contributed by atoms with van der Waals surface area (Å²) < 4.78 is 0. The maximum atomic E-state index is 9.92. The molecule has 2 heteroatoms. The molecule has 0 spiro atoms. The average molecular weight is 367 g/mol. The third-order valence-corrected chi connectivity index (χ3v) is 6.26. The van der Waals surface area contributed by atoms with E-state index in [1.807, 2.05) is 0 Å². The molecule has 0 fully saturated rings. The smallest absolute Gasteiger partial charge is 0.0968 e. The minimum absolute atomic E-state index is 0.0409. The van der Waals surface area contributed by atoms with Crippen LogP contribution in [0.1, 0.15) is 86.8 Å². The molecule has 0 unspecified atom stereocenters. The highest BCUT2D eigenvalue weighted by atomic mass is 14.5. The van der Waals surface area contributed by atoms with E-state index >= 15 is 0 Å². The zero-order valence-electron chi connectivity index (χ0n) is 17.5. The largest absolute Gasteiger partial charge is 0.193 e. The van der Waals surface area contributed by atoms with Crippen molar-refractivity contribution >= 4 is 0 Å². The van der Waals surface area contributed by atoms with Crippen LogP contribution in [-0.4, -0.2) is 0 Å². The van der Waals surface area contributed by atoms with Gasteiger partial charge >= 0.3 is 0 Å². The maximum Gasteiger partial charge on any atom is 0.0968 e. The lowest BCUT2D eigenvalue weighted by Crippen LogP contribution is -2.29. The Bertz CT molecular complexity index is 1020. The first-order valence-electron chi connectivity index (χ1n) is 9.91. The fourth-order valence-corrected chi connectivity index (χ4v) is 4.63. The van der Waals surface area contributed by atoms with Crippen LogP contribution in [0.3, 0.4) is 0 Å². The van der Waals surface area contributed by atoms with Gasteiger partial charge in [-0.3, -0.25) is 0 Å². The topological polar surface area (TPSA) is 47.6 Å². The van der Waals surface area contributed by atoms with Crippen molar-refractivity contribution in [1.29, 1.82) is 10.5 Å². The van der Waals surface area contributed by atoms with Gasteiger partial charge in [-0.1, -0.05) is 77.9 Å². The molecule has 2 bridgehead atoms. The Hall–Kier alpha value is -2.84. The molecule has 0 amide bonds. The third kappa shape index (κ3) is 2.52. The van der Waals surface area contributed by atoms with Crippen molar-refractivity contribution in [3.8, 4) is 12.1 Å². The van der Waals surface area contributed by atoms with E-state index in [1.54, 1.807) is 0 Å². The van der Waals surface area contributed by atoms with E-state index < -0.39 is 0 Å². The van der Waals surface area contributed by atoms with Crippen LogP contribution in [0.2, 0.25) is 0 Å². The molecule has 0 saturated heterocycles. The van der Waals surface area contributed by atoms with Crippen molar-refractivity contribution in [2.24, 2.45) is 0 Å². The first-order valence-corrected chi connectivity index (χ1v) is 9.91. The molecule has 2 nitrogen and oxygen atoms in total. The van der Waals surface area contributed by atoms with Gasteiger partial charge < -0.3 is 0 Å². The zero-order chi connectivity index (χ0) is 20.4. The van der Waals surface area contributed by atoms with Crippen LogP contribution < -0.4 is 0 Å². The molecule has 0 N–H and O–H groups in total. The van der Waals surface area contributed by atoms with Crippen LogP contribution in [-0.2, 0) is 10.8 Å². The van der Waals surface area contributed by atoms with Crippen LogP contribution in [0.5, 0.6) is 0 Å². The number of rotatable bonds is 0. The molecule has 2 aromatic rings. The molecule has 2 atom stereocenters. The van der Waals surface area contributed by atoms with Crippen LogP contribution in [0.25, 0.3) is 0 Å². The molecular formula is C26H26N2. The lowest BCUT2D eigenvalue weighted by molar-refractivity contribution is 0.583. The Balaban J connectivity index is 2.02. The van der Waals surface area contributed by atoms with Gasteiger partial charge in [-0.05, 0) is 44.2 Å². The second-order valence-corrected chi connectivity index (χ2v) is 10.1. The summed E-state index contributed by atoms with van der Waals surface area (Å²) in [6.07, 6.45) is 0.